The molecule has 0 fully saturated rings. The molecule has 0 atom stereocenters. The standard InChI is InChI=1S/C15H14F3N3O/c1-21(2)14-13(7-11(8-19-14)15(16,17)18)10-3-5-12(6-4-10)20-9-22/h3-9H,1-2H3,(H,20,22). The van der Waals surface area contributed by atoms with Gasteiger partial charge in [0.1, 0.15) is 5.82 Å². The van der Waals surface area contributed by atoms with Crippen molar-refractivity contribution in [3.8, 4) is 11.1 Å². The molecule has 0 spiro atoms. The number of anilines is 2. The third-order valence-electron chi connectivity index (χ3n) is 3.04. The first kappa shape index (κ1) is 15.8. The summed E-state index contributed by atoms with van der Waals surface area (Å²) in [6, 6.07) is 7.57. The Morgan fingerprint density at radius 3 is 2.32 bits per heavy atom. The number of amides is 1. The molecule has 1 amide bonds. The zero-order chi connectivity index (χ0) is 16.3. The van der Waals surface area contributed by atoms with Crippen molar-refractivity contribution >= 4 is 17.9 Å². The fraction of sp³-hybridized carbons (Fsp3) is 0.200. The van der Waals surface area contributed by atoms with Gasteiger partial charge in [0, 0.05) is 31.5 Å². The number of nitrogens with zero attached hydrogens (tertiary/aromatic N) is 2. The maximum absolute atomic E-state index is 12.9. The van der Waals surface area contributed by atoms with E-state index in [2.05, 4.69) is 10.3 Å². The Kier molecular flexibility index (Phi) is 4.35. The molecular weight excluding hydrogens is 295 g/mol. The van der Waals surface area contributed by atoms with Gasteiger partial charge in [-0.25, -0.2) is 4.98 Å². The summed E-state index contributed by atoms with van der Waals surface area (Å²) in [5.74, 6) is 0.434. The van der Waals surface area contributed by atoms with Crippen LogP contribution in [0.2, 0.25) is 0 Å². The Morgan fingerprint density at radius 2 is 1.82 bits per heavy atom. The lowest BCUT2D eigenvalue weighted by molar-refractivity contribution is -0.137. The van der Waals surface area contributed by atoms with Gasteiger partial charge in [0.2, 0.25) is 6.41 Å². The summed E-state index contributed by atoms with van der Waals surface area (Å²) >= 11 is 0. The van der Waals surface area contributed by atoms with Crippen molar-refractivity contribution in [2.75, 3.05) is 24.3 Å². The molecular formula is C15H14F3N3O. The molecule has 0 unspecified atom stereocenters. The summed E-state index contributed by atoms with van der Waals surface area (Å²) in [4.78, 5) is 15.9. The molecule has 7 heteroatoms. The zero-order valence-corrected chi connectivity index (χ0v) is 12.0. The smallest absolute Gasteiger partial charge is 0.362 e. The third-order valence-corrected chi connectivity index (χ3v) is 3.04. The number of benzene rings is 1. The number of nitrogens with one attached hydrogen (secondary N) is 1. The average Bonchev–Trinajstić information content (AvgIpc) is 2.47. The minimum Gasteiger partial charge on any atom is -0.362 e. The zero-order valence-electron chi connectivity index (χ0n) is 12.0. The van der Waals surface area contributed by atoms with Crippen LogP contribution < -0.4 is 10.2 Å². The quantitative estimate of drug-likeness (QED) is 0.880. The molecule has 1 aromatic carbocycles. The number of alkyl halides is 3. The summed E-state index contributed by atoms with van der Waals surface area (Å²) in [6.07, 6.45) is -3.10. The van der Waals surface area contributed by atoms with Crippen LogP contribution in [0, 0.1) is 0 Å². The van der Waals surface area contributed by atoms with Gasteiger partial charge in [-0.3, -0.25) is 4.79 Å². The van der Waals surface area contributed by atoms with E-state index in [4.69, 9.17) is 0 Å². The number of rotatable bonds is 4. The molecule has 2 rings (SSSR count). The van der Waals surface area contributed by atoms with Crippen molar-refractivity contribution in [1.82, 2.24) is 4.98 Å². The number of halogens is 3. The van der Waals surface area contributed by atoms with Crippen molar-refractivity contribution in [1.29, 1.82) is 0 Å². The lowest BCUT2D eigenvalue weighted by Crippen LogP contribution is -2.14. The van der Waals surface area contributed by atoms with Crippen LogP contribution in [-0.4, -0.2) is 25.5 Å². The van der Waals surface area contributed by atoms with Crippen LogP contribution >= 0.6 is 0 Å². The number of carbonyl (C=O) groups excluding carboxylic acids is 1. The van der Waals surface area contributed by atoms with Gasteiger partial charge in [-0.1, -0.05) is 12.1 Å². The molecule has 0 saturated carbocycles. The minimum atomic E-state index is -4.45. The first-order valence-electron chi connectivity index (χ1n) is 6.38. The van der Waals surface area contributed by atoms with Crippen LogP contribution in [-0.2, 0) is 11.0 Å². The summed E-state index contributed by atoms with van der Waals surface area (Å²) in [7, 11) is 3.42. The molecule has 1 aromatic heterocycles. The molecule has 0 radical (unpaired) electrons. The van der Waals surface area contributed by atoms with E-state index in [-0.39, 0.29) is 0 Å². The first-order valence-corrected chi connectivity index (χ1v) is 6.38. The highest BCUT2D eigenvalue weighted by atomic mass is 19.4. The van der Waals surface area contributed by atoms with Gasteiger partial charge in [-0.15, -0.1) is 0 Å². The number of hydrogen-bond donors (Lipinski definition) is 1. The van der Waals surface area contributed by atoms with Gasteiger partial charge in [-0.05, 0) is 23.8 Å². The topological polar surface area (TPSA) is 45.2 Å². The molecule has 0 aliphatic heterocycles. The summed E-state index contributed by atoms with van der Waals surface area (Å²) in [6.45, 7) is 0. The number of hydrogen-bond acceptors (Lipinski definition) is 3. The van der Waals surface area contributed by atoms with E-state index < -0.39 is 11.7 Å². The lowest BCUT2D eigenvalue weighted by atomic mass is 10.0. The Morgan fingerprint density at radius 1 is 1.18 bits per heavy atom. The molecule has 4 nitrogen and oxygen atoms in total. The van der Waals surface area contributed by atoms with Crippen molar-refractivity contribution in [3.63, 3.8) is 0 Å². The van der Waals surface area contributed by atoms with Gasteiger partial charge in [0.25, 0.3) is 0 Å². The van der Waals surface area contributed by atoms with Crippen molar-refractivity contribution < 1.29 is 18.0 Å². The van der Waals surface area contributed by atoms with Gasteiger partial charge in [-0.2, -0.15) is 13.2 Å². The van der Waals surface area contributed by atoms with Crippen LogP contribution in [0.1, 0.15) is 5.56 Å². The maximum Gasteiger partial charge on any atom is 0.417 e. The Balaban J connectivity index is 2.53. The van der Waals surface area contributed by atoms with Crippen molar-refractivity contribution in [2.24, 2.45) is 0 Å². The molecule has 0 aliphatic carbocycles. The maximum atomic E-state index is 12.9. The fourth-order valence-corrected chi connectivity index (χ4v) is 2.00. The summed E-state index contributed by atoms with van der Waals surface area (Å²) in [5, 5.41) is 2.47. The van der Waals surface area contributed by atoms with Crippen LogP contribution in [0.25, 0.3) is 11.1 Å². The third kappa shape index (κ3) is 3.36. The van der Waals surface area contributed by atoms with E-state index in [1.54, 1.807) is 43.3 Å². The van der Waals surface area contributed by atoms with E-state index in [1.165, 1.54) is 0 Å². The largest absolute Gasteiger partial charge is 0.417 e. The molecule has 0 bridgehead atoms. The molecule has 116 valence electrons. The number of pyridine rings is 1. The van der Waals surface area contributed by atoms with E-state index in [0.717, 1.165) is 12.3 Å². The fourth-order valence-electron chi connectivity index (χ4n) is 2.00. The lowest BCUT2D eigenvalue weighted by Gasteiger charge is -2.18. The molecule has 1 N–H and O–H groups in total. The van der Waals surface area contributed by atoms with Crippen LogP contribution in [0.15, 0.2) is 36.5 Å². The SMILES string of the molecule is CN(C)c1ncc(C(F)(F)F)cc1-c1ccc(NC=O)cc1. The molecule has 1 heterocycles. The van der Waals surface area contributed by atoms with Gasteiger partial charge in [0.05, 0.1) is 5.56 Å². The van der Waals surface area contributed by atoms with Crippen molar-refractivity contribution in [3.05, 3.63) is 42.1 Å². The van der Waals surface area contributed by atoms with E-state index in [0.29, 0.717) is 29.0 Å². The normalized spacial score (nSPS) is 11.1. The van der Waals surface area contributed by atoms with Gasteiger partial charge in [0.15, 0.2) is 0 Å². The average molecular weight is 309 g/mol. The number of carbonyl (C=O) groups is 1. The molecule has 2 aromatic rings. The molecule has 0 aliphatic rings. The van der Waals surface area contributed by atoms with Gasteiger partial charge >= 0.3 is 6.18 Å². The van der Waals surface area contributed by atoms with Crippen LogP contribution in [0.5, 0.6) is 0 Å². The van der Waals surface area contributed by atoms with Crippen LogP contribution in [0.3, 0.4) is 0 Å². The van der Waals surface area contributed by atoms with Gasteiger partial charge < -0.3 is 10.2 Å². The van der Waals surface area contributed by atoms with E-state index in [1.807, 2.05) is 0 Å². The van der Waals surface area contributed by atoms with E-state index in [9.17, 15) is 18.0 Å². The summed E-state index contributed by atoms with van der Waals surface area (Å²) in [5.41, 5.74) is 0.713. The highest BCUT2D eigenvalue weighted by Crippen LogP contribution is 2.35. The minimum absolute atomic E-state index is 0.373. The molecule has 0 saturated heterocycles. The molecule has 22 heavy (non-hydrogen) atoms. The Hall–Kier alpha value is -2.57. The van der Waals surface area contributed by atoms with E-state index >= 15 is 0 Å². The second kappa shape index (κ2) is 6.05. The second-order valence-corrected chi connectivity index (χ2v) is 4.83. The summed E-state index contributed by atoms with van der Waals surface area (Å²) < 4.78 is 38.6. The predicted molar refractivity (Wildman–Crippen MR) is 78.7 cm³/mol. The Bertz CT molecular complexity index is 667. The highest BCUT2D eigenvalue weighted by molar-refractivity contribution is 5.79. The monoisotopic (exact) mass is 309 g/mol. The highest BCUT2D eigenvalue weighted by Gasteiger charge is 2.32. The Labute approximate surface area is 125 Å². The second-order valence-electron chi connectivity index (χ2n) is 4.83. The van der Waals surface area contributed by atoms with Crippen LogP contribution in [0.4, 0.5) is 24.7 Å². The van der Waals surface area contributed by atoms with Crippen molar-refractivity contribution in [2.45, 2.75) is 6.18 Å². The number of aromatic nitrogens is 1. The first-order chi connectivity index (χ1) is 10.3. The predicted octanol–water partition coefficient (Wildman–Crippen LogP) is 3.40.